The molecule has 0 aliphatic carbocycles. The fraction of sp³-hybridized carbons (Fsp3) is 0.867. The Morgan fingerprint density at radius 1 is 0.818 bits per heavy atom. The van der Waals surface area contributed by atoms with Crippen molar-refractivity contribution in [2.75, 3.05) is 59.4 Å². The summed E-state index contributed by atoms with van der Waals surface area (Å²) in [4.78, 5) is 22.0. The summed E-state index contributed by atoms with van der Waals surface area (Å²) < 4.78 is 20.7. The summed E-state index contributed by atoms with van der Waals surface area (Å²) in [5.41, 5.74) is 0. The van der Waals surface area contributed by atoms with E-state index in [4.69, 9.17) is 18.9 Å². The molecule has 0 radical (unpaired) electrons. The van der Waals surface area contributed by atoms with Gasteiger partial charge in [0.15, 0.2) is 5.78 Å². The molecule has 7 nitrogen and oxygen atoms in total. The maximum absolute atomic E-state index is 11.4. The van der Waals surface area contributed by atoms with Gasteiger partial charge in [0.25, 0.3) is 0 Å². The number of nitrogens with one attached hydrogen (secondary N) is 1. The summed E-state index contributed by atoms with van der Waals surface area (Å²) in [7, 11) is 0. The van der Waals surface area contributed by atoms with Crippen molar-refractivity contribution < 1.29 is 28.5 Å². The summed E-state index contributed by atoms with van der Waals surface area (Å²) in [5, 5.41) is 2.68. The minimum atomic E-state index is -0.176. The number of ketones is 1. The largest absolute Gasteiger partial charge is 0.379 e. The normalized spacial score (nSPS) is 10.6. The molecule has 0 aromatic heterocycles. The zero-order valence-corrected chi connectivity index (χ0v) is 13.7. The van der Waals surface area contributed by atoms with E-state index < -0.39 is 0 Å². The van der Waals surface area contributed by atoms with Crippen molar-refractivity contribution >= 4 is 11.7 Å². The minimum absolute atomic E-state index is 0.0111. The van der Waals surface area contributed by atoms with Crippen molar-refractivity contribution in [3.8, 4) is 0 Å². The van der Waals surface area contributed by atoms with Gasteiger partial charge in [0.2, 0.25) is 5.91 Å². The fourth-order valence-corrected chi connectivity index (χ4v) is 1.38. The van der Waals surface area contributed by atoms with Gasteiger partial charge in [0.1, 0.15) is 13.2 Å². The molecule has 7 heteroatoms. The molecule has 1 amide bonds. The molecule has 0 aromatic carbocycles. The third kappa shape index (κ3) is 17.0. The maximum atomic E-state index is 11.4. The number of carbonyl (C=O) groups excluding carboxylic acids is 2. The molecule has 0 saturated carbocycles. The Kier molecular flexibility index (Phi) is 15.6. The van der Waals surface area contributed by atoms with Crippen LogP contribution in [-0.4, -0.2) is 71.1 Å². The minimum Gasteiger partial charge on any atom is -0.379 e. The van der Waals surface area contributed by atoms with E-state index >= 15 is 0 Å². The first-order chi connectivity index (χ1) is 10.7. The van der Waals surface area contributed by atoms with Crippen LogP contribution >= 0.6 is 0 Å². The summed E-state index contributed by atoms with van der Waals surface area (Å²) in [6, 6.07) is 0. The van der Waals surface area contributed by atoms with Crippen molar-refractivity contribution in [1.29, 1.82) is 0 Å². The highest BCUT2D eigenvalue weighted by molar-refractivity contribution is 5.77. The van der Waals surface area contributed by atoms with Gasteiger partial charge in [0.05, 0.1) is 33.0 Å². The van der Waals surface area contributed by atoms with E-state index in [-0.39, 0.29) is 24.9 Å². The number of rotatable bonds is 16. The van der Waals surface area contributed by atoms with Gasteiger partial charge in [-0.2, -0.15) is 0 Å². The molecule has 0 unspecified atom stereocenters. The summed E-state index contributed by atoms with van der Waals surface area (Å²) in [6.07, 6.45) is 2.15. The number of amides is 1. The fourth-order valence-electron chi connectivity index (χ4n) is 1.38. The van der Waals surface area contributed by atoms with Crippen LogP contribution in [0.5, 0.6) is 0 Å². The molecule has 0 rings (SSSR count). The van der Waals surface area contributed by atoms with Crippen molar-refractivity contribution in [3.63, 3.8) is 0 Å². The number of Topliss-reactive ketones (excluding diaryl/α,β-unsaturated/α-hetero) is 1. The molecule has 22 heavy (non-hydrogen) atoms. The van der Waals surface area contributed by atoms with E-state index in [1.54, 1.807) is 0 Å². The third-order valence-corrected chi connectivity index (χ3v) is 2.49. The van der Waals surface area contributed by atoms with E-state index in [1.807, 2.05) is 0 Å². The molecule has 0 bridgehead atoms. The summed E-state index contributed by atoms with van der Waals surface area (Å²) in [6.45, 7) is 6.96. The molecule has 0 atom stereocenters. The molecule has 1 N–H and O–H groups in total. The quantitative estimate of drug-likeness (QED) is 0.419. The lowest BCUT2D eigenvalue weighted by Crippen LogP contribution is -2.31. The van der Waals surface area contributed by atoms with Gasteiger partial charge in [-0.15, -0.1) is 0 Å². The number of hydrogen-bond donors (Lipinski definition) is 1. The van der Waals surface area contributed by atoms with Crippen LogP contribution in [0.15, 0.2) is 0 Å². The number of ether oxygens (including phenoxy) is 4. The van der Waals surface area contributed by atoms with Crippen LogP contribution in [0.1, 0.15) is 26.7 Å². The Hall–Kier alpha value is -1.02. The monoisotopic (exact) mass is 319 g/mol. The lowest BCUT2D eigenvalue weighted by molar-refractivity contribution is -0.126. The first-order valence-corrected chi connectivity index (χ1v) is 7.74. The average Bonchev–Trinajstić information content (AvgIpc) is 2.48. The predicted molar refractivity (Wildman–Crippen MR) is 81.9 cm³/mol. The first-order valence-electron chi connectivity index (χ1n) is 7.74. The highest BCUT2D eigenvalue weighted by atomic mass is 16.5. The smallest absolute Gasteiger partial charge is 0.246 e. The van der Waals surface area contributed by atoms with Gasteiger partial charge in [-0.25, -0.2) is 0 Å². The zero-order valence-electron chi connectivity index (χ0n) is 13.7. The van der Waals surface area contributed by atoms with Crippen molar-refractivity contribution in [1.82, 2.24) is 5.32 Å². The standard InChI is InChI=1S/C15H29NO6/c1-3-4-6-19-8-11-22-13-15(18)16-5-7-20-9-10-21-12-14(2)17/h3-13H2,1-2H3,(H,16,18). The predicted octanol–water partition coefficient (Wildman–Crippen LogP) is 0.558. The van der Waals surface area contributed by atoms with Gasteiger partial charge in [-0.3, -0.25) is 9.59 Å². The van der Waals surface area contributed by atoms with E-state index in [2.05, 4.69) is 12.2 Å². The van der Waals surface area contributed by atoms with Crippen LogP contribution in [0.3, 0.4) is 0 Å². The molecule has 0 aliphatic rings. The average molecular weight is 319 g/mol. The van der Waals surface area contributed by atoms with Crippen LogP contribution < -0.4 is 5.32 Å². The molecule has 130 valence electrons. The maximum Gasteiger partial charge on any atom is 0.246 e. The third-order valence-electron chi connectivity index (χ3n) is 2.49. The van der Waals surface area contributed by atoms with Crippen LogP contribution in [0, 0.1) is 0 Å². The van der Waals surface area contributed by atoms with Gasteiger partial charge in [-0.05, 0) is 13.3 Å². The highest BCUT2D eigenvalue weighted by Crippen LogP contribution is 1.87. The van der Waals surface area contributed by atoms with Crippen molar-refractivity contribution in [2.45, 2.75) is 26.7 Å². The summed E-state index contributed by atoms with van der Waals surface area (Å²) in [5.74, 6) is -0.187. The number of unbranched alkanes of at least 4 members (excludes halogenated alkanes) is 1. The molecular weight excluding hydrogens is 290 g/mol. The van der Waals surface area contributed by atoms with Gasteiger partial charge >= 0.3 is 0 Å². The Labute approximate surface area is 132 Å². The van der Waals surface area contributed by atoms with E-state index in [9.17, 15) is 9.59 Å². The van der Waals surface area contributed by atoms with Gasteiger partial charge in [-0.1, -0.05) is 13.3 Å². The Morgan fingerprint density at radius 3 is 2.05 bits per heavy atom. The number of carbonyl (C=O) groups is 2. The first kappa shape index (κ1) is 21.0. The highest BCUT2D eigenvalue weighted by Gasteiger charge is 2.00. The summed E-state index contributed by atoms with van der Waals surface area (Å²) >= 11 is 0. The molecule has 0 aromatic rings. The van der Waals surface area contributed by atoms with E-state index in [0.717, 1.165) is 19.4 Å². The molecule has 0 spiro atoms. The van der Waals surface area contributed by atoms with Crippen LogP contribution in [0.25, 0.3) is 0 Å². The second-order valence-corrected chi connectivity index (χ2v) is 4.74. The van der Waals surface area contributed by atoms with Gasteiger partial charge < -0.3 is 24.3 Å². The van der Waals surface area contributed by atoms with Gasteiger partial charge in [0, 0.05) is 13.2 Å². The van der Waals surface area contributed by atoms with E-state index in [0.29, 0.717) is 39.6 Å². The van der Waals surface area contributed by atoms with Crippen LogP contribution in [-0.2, 0) is 28.5 Å². The Balaban J connectivity index is 3.17. The second kappa shape index (κ2) is 16.4. The topological polar surface area (TPSA) is 83.1 Å². The lowest BCUT2D eigenvalue weighted by atomic mass is 10.4. The molecule has 0 saturated heterocycles. The number of hydrogen-bond acceptors (Lipinski definition) is 6. The van der Waals surface area contributed by atoms with E-state index in [1.165, 1.54) is 6.92 Å². The SMILES string of the molecule is CCCCOCCOCC(=O)NCCOCCOCC(C)=O. The molecule has 0 fully saturated rings. The molecule has 0 aliphatic heterocycles. The van der Waals surface area contributed by atoms with Crippen molar-refractivity contribution in [2.24, 2.45) is 0 Å². The molecular formula is C15H29NO6. The lowest BCUT2D eigenvalue weighted by Gasteiger charge is -2.08. The van der Waals surface area contributed by atoms with Crippen LogP contribution in [0.4, 0.5) is 0 Å². The Bertz CT molecular complexity index is 285. The second-order valence-electron chi connectivity index (χ2n) is 4.74. The van der Waals surface area contributed by atoms with Crippen LogP contribution in [0.2, 0.25) is 0 Å². The Morgan fingerprint density at radius 2 is 1.41 bits per heavy atom. The molecule has 0 heterocycles. The van der Waals surface area contributed by atoms with Crippen molar-refractivity contribution in [3.05, 3.63) is 0 Å². The zero-order chi connectivity index (χ0) is 16.5.